The number of hydrogen-bond donors (Lipinski definition) is 0. The van der Waals surface area contributed by atoms with E-state index in [1.54, 1.807) is 40.4 Å². The number of ether oxygens (including phenoxy) is 1. The molecule has 124 valence electrons. The maximum atomic E-state index is 12.7. The Hall–Kier alpha value is -1.56. The molecule has 24 heavy (non-hydrogen) atoms. The maximum Gasteiger partial charge on any atom is 0.262 e. The van der Waals surface area contributed by atoms with Gasteiger partial charge in [-0.1, -0.05) is 23.2 Å². The number of rotatable bonds is 4. The van der Waals surface area contributed by atoms with Gasteiger partial charge in [0.05, 0.1) is 23.3 Å². The average molecular weight is 381 g/mol. The quantitative estimate of drug-likeness (QED) is 0.676. The summed E-state index contributed by atoms with van der Waals surface area (Å²) in [7, 11) is 0. The summed E-state index contributed by atoms with van der Waals surface area (Å²) in [6, 6.07) is 5.07. The van der Waals surface area contributed by atoms with Crippen LogP contribution in [0.3, 0.4) is 0 Å². The van der Waals surface area contributed by atoms with Crippen LogP contribution < -0.4 is 10.3 Å². The predicted octanol–water partition coefficient (Wildman–Crippen LogP) is 4.33. The van der Waals surface area contributed by atoms with E-state index in [1.807, 2.05) is 0 Å². The highest BCUT2D eigenvalue weighted by Crippen LogP contribution is 2.34. The molecule has 1 aliphatic rings. The highest BCUT2D eigenvalue weighted by Gasteiger charge is 2.21. The van der Waals surface area contributed by atoms with Crippen LogP contribution in [-0.2, 0) is 19.4 Å². The lowest BCUT2D eigenvalue weighted by atomic mass is 10.2. The molecule has 0 aliphatic heterocycles. The first-order valence-electron chi connectivity index (χ1n) is 7.71. The Morgan fingerprint density at radius 2 is 2.17 bits per heavy atom. The molecule has 0 unspecified atom stereocenters. The molecule has 4 nitrogen and oxygen atoms in total. The zero-order chi connectivity index (χ0) is 16.7. The van der Waals surface area contributed by atoms with Crippen LogP contribution in [0.2, 0.25) is 10.0 Å². The van der Waals surface area contributed by atoms with Gasteiger partial charge >= 0.3 is 0 Å². The van der Waals surface area contributed by atoms with Crippen LogP contribution >= 0.6 is 34.5 Å². The summed E-state index contributed by atoms with van der Waals surface area (Å²) >= 11 is 13.6. The van der Waals surface area contributed by atoms with Crippen molar-refractivity contribution >= 4 is 44.8 Å². The molecule has 1 aliphatic carbocycles. The summed E-state index contributed by atoms with van der Waals surface area (Å²) in [5, 5.41) is 1.81. The Kier molecular flexibility index (Phi) is 4.24. The molecule has 0 saturated heterocycles. The van der Waals surface area contributed by atoms with Gasteiger partial charge in [0.25, 0.3) is 5.56 Å². The monoisotopic (exact) mass is 380 g/mol. The fourth-order valence-corrected chi connectivity index (χ4v) is 4.71. The summed E-state index contributed by atoms with van der Waals surface area (Å²) in [6.45, 7) is 0.756. The van der Waals surface area contributed by atoms with Gasteiger partial charge in [-0.25, -0.2) is 4.98 Å². The van der Waals surface area contributed by atoms with E-state index in [2.05, 4.69) is 4.98 Å². The second-order valence-corrected chi connectivity index (χ2v) is 7.63. The number of benzene rings is 1. The molecular weight excluding hydrogens is 367 g/mol. The lowest BCUT2D eigenvalue weighted by Gasteiger charge is -2.09. The fourth-order valence-electron chi connectivity index (χ4n) is 3.03. The number of fused-ring (bicyclic) bond motifs is 3. The first kappa shape index (κ1) is 15.9. The SMILES string of the molecule is O=c1c2c3c(sc2ncn1CCOc1ccc(Cl)cc1Cl)CCC3. The molecule has 0 fully saturated rings. The van der Waals surface area contributed by atoms with Crippen molar-refractivity contribution in [1.82, 2.24) is 9.55 Å². The molecule has 0 spiro atoms. The Morgan fingerprint density at radius 3 is 3.00 bits per heavy atom. The maximum absolute atomic E-state index is 12.7. The molecule has 3 aromatic rings. The van der Waals surface area contributed by atoms with Crippen molar-refractivity contribution in [2.75, 3.05) is 6.61 Å². The van der Waals surface area contributed by atoms with Gasteiger partial charge in [-0.2, -0.15) is 0 Å². The minimum Gasteiger partial charge on any atom is -0.490 e. The molecule has 2 heterocycles. The topological polar surface area (TPSA) is 44.1 Å². The molecule has 0 saturated carbocycles. The molecule has 7 heteroatoms. The van der Waals surface area contributed by atoms with Crippen LogP contribution in [0.1, 0.15) is 16.9 Å². The summed E-state index contributed by atoms with van der Waals surface area (Å²) in [5.74, 6) is 0.555. The van der Waals surface area contributed by atoms with E-state index in [9.17, 15) is 4.79 Å². The standard InChI is InChI=1S/C17H14Cl2N2O2S/c18-10-4-5-13(12(19)8-10)23-7-6-21-9-20-16-15(17(21)22)11-2-1-3-14(11)24-16/h4-5,8-9H,1-3,6-7H2. The number of hydrogen-bond acceptors (Lipinski definition) is 4. The van der Waals surface area contributed by atoms with Crippen molar-refractivity contribution in [1.29, 1.82) is 0 Å². The summed E-state index contributed by atoms with van der Waals surface area (Å²) in [6.07, 6.45) is 4.77. The largest absolute Gasteiger partial charge is 0.490 e. The Balaban J connectivity index is 1.55. The van der Waals surface area contributed by atoms with Gasteiger partial charge in [-0.15, -0.1) is 11.3 Å². The number of halogens is 2. The van der Waals surface area contributed by atoms with Crippen LogP contribution in [0.15, 0.2) is 29.3 Å². The second-order valence-electron chi connectivity index (χ2n) is 5.70. The van der Waals surface area contributed by atoms with Crippen molar-refractivity contribution in [2.45, 2.75) is 25.8 Å². The Morgan fingerprint density at radius 1 is 1.29 bits per heavy atom. The van der Waals surface area contributed by atoms with E-state index < -0.39 is 0 Å². The normalized spacial score (nSPS) is 13.4. The number of aromatic nitrogens is 2. The van der Waals surface area contributed by atoms with Crippen LogP contribution in [0.4, 0.5) is 0 Å². The molecule has 0 bridgehead atoms. The predicted molar refractivity (Wildman–Crippen MR) is 97.9 cm³/mol. The Labute approximate surface area is 152 Å². The minimum atomic E-state index is 0.0187. The fraction of sp³-hybridized carbons (Fsp3) is 0.294. The first-order valence-corrected chi connectivity index (χ1v) is 9.28. The summed E-state index contributed by atoms with van der Waals surface area (Å²) in [5.41, 5.74) is 1.22. The third kappa shape index (κ3) is 2.81. The van der Waals surface area contributed by atoms with Crippen molar-refractivity contribution in [3.8, 4) is 5.75 Å². The molecule has 0 atom stereocenters. The molecule has 1 aromatic carbocycles. The lowest BCUT2D eigenvalue weighted by molar-refractivity contribution is 0.296. The van der Waals surface area contributed by atoms with E-state index in [4.69, 9.17) is 27.9 Å². The van der Waals surface area contributed by atoms with Crippen molar-refractivity contribution in [3.05, 3.63) is 55.4 Å². The highest BCUT2D eigenvalue weighted by molar-refractivity contribution is 7.18. The molecule has 4 rings (SSSR count). The van der Waals surface area contributed by atoms with Gasteiger partial charge < -0.3 is 4.74 Å². The highest BCUT2D eigenvalue weighted by atomic mass is 35.5. The smallest absolute Gasteiger partial charge is 0.262 e. The molecule has 0 radical (unpaired) electrons. The van der Waals surface area contributed by atoms with Gasteiger partial charge in [-0.05, 0) is 43.0 Å². The van der Waals surface area contributed by atoms with Gasteiger partial charge in [0.2, 0.25) is 0 Å². The minimum absolute atomic E-state index is 0.0187. The third-order valence-corrected chi connectivity index (χ3v) is 5.91. The number of aryl methyl sites for hydroxylation is 2. The van der Waals surface area contributed by atoms with Crippen molar-refractivity contribution in [2.24, 2.45) is 0 Å². The zero-order valence-corrected chi connectivity index (χ0v) is 15.0. The van der Waals surface area contributed by atoms with E-state index in [-0.39, 0.29) is 5.56 Å². The van der Waals surface area contributed by atoms with E-state index >= 15 is 0 Å². The van der Waals surface area contributed by atoms with E-state index in [1.165, 1.54) is 10.4 Å². The first-order chi connectivity index (χ1) is 11.6. The molecule has 0 amide bonds. The van der Waals surface area contributed by atoms with Gasteiger partial charge in [0, 0.05) is 9.90 Å². The van der Waals surface area contributed by atoms with Crippen LogP contribution in [0, 0.1) is 0 Å². The van der Waals surface area contributed by atoms with E-state index in [0.717, 1.165) is 29.5 Å². The van der Waals surface area contributed by atoms with Crippen molar-refractivity contribution < 1.29 is 4.74 Å². The van der Waals surface area contributed by atoms with Crippen LogP contribution in [0.25, 0.3) is 10.2 Å². The third-order valence-electron chi connectivity index (χ3n) is 4.18. The molecule has 0 N–H and O–H groups in total. The van der Waals surface area contributed by atoms with E-state index in [0.29, 0.717) is 28.9 Å². The Bertz CT molecular complexity index is 981. The summed E-state index contributed by atoms with van der Waals surface area (Å²) in [4.78, 5) is 19.3. The zero-order valence-electron chi connectivity index (χ0n) is 12.7. The second kappa shape index (κ2) is 6.39. The summed E-state index contributed by atoms with van der Waals surface area (Å²) < 4.78 is 7.27. The van der Waals surface area contributed by atoms with Gasteiger partial charge in [0.15, 0.2) is 0 Å². The lowest BCUT2D eigenvalue weighted by Crippen LogP contribution is -2.23. The molecular formula is C17H14Cl2N2O2S. The van der Waals surface area contributed by atoms with Crippen molar-refractivity contribution in [3.63, 3.8) is 0 Å². The number of nitrogens with zero attached hydrogens (tertiary/aromatic N) is 2. The molecule has 2 aromatic heterocycles. The van der Waals surface area contributed by atoms with Gasteiger partial charge in [0.1, 0.15) is 17.2 Å². The van der Waals surface area contributed by atoms with Crippen LogP contribution in [0.5, 0.6) is 5.75 Å². The van der Waals surface area contributed by atoms with Gasteiger partial charge in [-0.3, -0.25) is 9.36 Å². The van der Waals surface area contributed by atoms with Crippen LogP contribution in [-0.4, -0.2) is 16.2 Å². The average Bonchev–Trinajstić information content (AvgIpc) is 3.12. The number of thiophene rings is 1.